The molecule has 2 unspecified atom stereocenters. The highest BCUT2D eigenvalue weighted by molar-refractivity contribution is 8.01. The summed E-state index contributed by atoms with van der Waals surface area (Å²) in [5.41, 5.74) is 5.24. The second-order valence-corrected chi connectivity index (χ2v) is 8.76. The van der Waals surface area contributed by atoms with Crippen LogP contribution in [0.3, 0.4) is 0 Å². The van der Waals surface area contributed by atoms with Crippen molar-refractivity contribution in [1.82, 2.24) is 30.8 Å². The Morgan fingerprint density at radius 1 is 1.48 bits per heavy atom. The highest BCUT2D eigenvalue weighted by Gasteiger charge is 2.63. The fraction of sp³-hybridized carbons (Fsp3) is 0.769. The van der Waals surface area contributed by atoms with Crippen LogP contribution in [-0.2, 0) is 9.59 Å². The van der Waals surface area contributed by atoms with Gasteiger partial charge in [0.2, 0.25) is 11.8 Å². The van der Waals surface area contributed by atoms with Gasteiger partial charge in [-0.25, -0.2) is 0 Å². The summed E-state index contributed by atoms with van der Waals surface area (Å²) in [4.78, 5) is 26.6. The van der Waals surface area contributed by atoms with E-state index in [1.807, 2.05) is 13.8 Å². The molecule has 2 amide bonds. The van der Waals surface area contributed by atoms with Crippen molar-refractivity contribution in [2.24, 2.45) is 5.73 Å². The highest BCUT2D eigenvalue weighted by Crippen LogP contribution is 2.56. The maximum Gasteiger partial charge on any atom is 0.249 e. The SMILES string of the molecule is CC1(C)S[C@@H]2C(NC(=O)C3(N)CCC3)C(=O)N2C1c1nn[nH]n1. The summed E-state index contributed by atoms with van der Waals surface area (Å²) in [7, 11) is 0. The topological polar surface area (TPSA) is 130 Å². The summed E-state index contributed by atoms with van der Waals surface area (Å²) in [6, 6.07) is -0.780. The molecule has 2 aliphatic heterocycles. The number of β-lactam (4-membered cyclic amide) rings is 1. The van der Waals surface area contributed by atoms with Gasteiger partial charge in [-0.05, 0) is 33.1 Å². The number of carbonyl (C=O) groups is 2. The van der Waals surface area contributed by atoms with Crippen LogP contribution in [-0.4, -0.2) is 59.0 Å². The first-order valence-corrected chi connectivity index (χ1v) is 8.55. The number of amides is 2. The van der Waals surface area contributed by atoms with Gasteiger partial charge in [-0.3, -0.25) is 9.59 Å². The Hall–Kier alpha value is -1.68. The van der Waals surface area contributed by atoms with Crippen molar-refractivity contribution in [2.75, 3.05) is 0 Å². The molecule has 1 aliphatic carbocycles. The number of tetrazole rings is 1. The Morgan fingerprint density at radius 2 is 2.22 bits per heavy atom. The van der Waals surface area contributed by atoms with Gasteiger partial charge in [0.1, 0.15) is 17.5 Å². The maximum atomic E-state index is 12.6. The van der Waals surface area contributed by atoms with Crippen LogP contribution >= 0.6 is 11.8 Å². The van der Waals surface area contributed by atoms with Crippen molar-refractivity contribution < 1.29 is 9.59 Å². The van der Waals surface area contributed by atoms with Gasteiger partial charge in [-0.2, -0.15) is 5.21 Å². The molecular weight excluding hydrogens is 318 g/mol. The molecule has 3 aliphatic rings. The summed E-state index contributed by atoms with van der Waals surface area (Å²) in [5, 5.41) is 16.8. The molecule has 0 spiro atoms. The molecule has 3 heterocycles. The van der Waals surface area contributed by atoms with Gasteiger partial charge in [0, 0.05) is 4.75 Å². The number of carbonyl (C=O) groups excluding carboxylic acids is 2. The van der Waals surface area contributed by atoms with E-state index >= 15 is 0 Å². The van der Waals surface area contributed by atoms with Crippen LogP contribution in [0.25, 0.3) is 0 Å². The highest BCUT2D eigenvalue weighted by atomic mass is 32.2. The Kier molecular flexibility index (Phi) is 3.02. The number of nitrogens with one attached hydrogen (secondary N) is 2. The van der Waals surface area contributed by atoms with Crippen LogP contribution in [0, 0.1) is 0 Å². The van der Waals surface area contributed by atoms with Crippen molar-refractivity contribution in [3.05, 3.63) is 5.82 Å². The van der Waals surface area contributed by atoms with Crippen molar-refractivity contribution in [3.8, 4) is 0 Å². The second-order valence-electron chi connectivity index (χ2n) is 6.99. The molecule has 0 radical (unpaired) electrons. The fourth-order valence-corrected chi connectivity index (χ4v) is 5.15. The van der Waals surface area contributed by atoms with Crippen molar-refractivity contribution in [3.63, 3.8) is 0 Å². The smallest absolute Gasteiger partial charge is 0.249 e. The first kappa shape index (κ1) is 14.9. The lowest BCUT2D eigenvalue weighted by atomic mass is 9.76. The molecule has 1 saturated carbocycles. The molecule has 2 saturated heterocycles. The normalized spacial score (nSPS) is 33.6. The summed E-state index contributed by atoms with van der Waals surface area (Å²) >= 11 is 1.64. The number of nitrogens with two attached hydrogens (primary N) is 1. The molecule has 3 fully saturated rings. The average Bonchev–Trinajstić information content (AvgIpc) is 3.06. The van der Waals surface area contributed by atoms with E-state index in [0.29, 0.717) is 18.7 Å². The average molecular weight is 337 g/mol. The van der Waals surface area contributed by atoms with Crippen molar-refractivity contribution >= 4 is 23.6 Å². The van der Waals surface area contributed by atoms with E-state index in [1.165, 1.54) is 0 Å². The summed E-state index contributed by atoms with van der Waals surface area (Å²) in [6.45, 7) is 4.08. The van der Waals surface area contributed by atoms with Gasteiger partial charge < -0.3 is 16.0 Å². The number of thioether (sulfide) groups is 1. The lowest BCUT2D eigenvalue weighted by Crippen LogP contribution is -2.71. The minimum absolute atomic E-state index is 0.112. The second kappa shape index (κ2) is 4.67. The van der Waals surface area contributed by atoms with Gasteiger partial charge in [0.05, 0.1) is 5.54 Å². The van der Waals surface area contributed by atoms with Gasteiger partial charge in [0.25, 0.3) is 0 Å². The molecule has 4 rings (SSSR count). The summed E-state index contributed by atoms with van der Waals surface area (Å²) in [6.07, 6.45) is 2.32. The fourth-order valence-electron chi connectivity index (χ4n) is 3.52. The monoisotopic (exact) mass is 337 g/mol. The largest absolute Gasteiger partial charge is 0.340 e. The summed E-state index contributed by atoms with van der Waals surface area (Å²) < 4.78 is -0.263. The predicted molar refractivity (Wildman–Crippen MR) is 81.9 cm³/mol. The van der Waals surface area contributed by atoms with Crippen LogP contribution in [0.2, 0.25) is 0 Å². The van der Waals surface area contributed by atoms with Crippen LogP contribution < -0.4 is 11.1 Å². The molecule has 3 atom stereocenters. The third-order valence-electron chi connectivity index (χ3n) is 5.03. The van der Waals surface area contributed by atoms with Crippen LogP contribution in [0.1, 0.15) is 45.0 Å². The van der Waals surface area contributed by atoms with Crippen LogP contribution in [0.15, 0.2) is 0 Å². The lowest BCUT2D eigenvalue weighted by Gasteiger charge is -2.46. The number of aromatic nitrogens is 4. The minimum Gasteiger partial charge on any atom is -0.340 e. The predicted octanol–water partition coefficient (Wildman–Crippen LogP) is -0.699. The number of nitrogens with zero attached hydrogens (tertiary/aromatic N) is 4. The number of rotatable bonds is 3. The Bertz CT molecular complexity index is 657. The van der Waals surface area contributed by atoms with Gasteiger partial charge in [-0.1, -0.05) is 5.21 Å². The lowest BCUT2D eigenvalue weighted by molar-refractivity contribution is -0.153. The Morgan fingerprint density at radius 3 is 2.78 bits per heavy atom. The van der Waals surface area contributed by atoms with E-state index in [2.05, 4.69) is 25.9 Å². The molecule has 4 N–H and O–H groups in total. The Balaban J connectivity index is 1.53. The molecule has 9 nitrogen and oxygen atoms in total. The number of H-pyrrole nitrogens is 1. The zero-order valence-electron chi connectivity index (χ0n) is 12.9. The molecule has 23 heavy (non-hydrogen) atoms. The standard InChI is InChI=1S/C13H19N7O2S/c1-12(2)7(8-16-18-19-17-8)20-9(21)6(10(20)23-12)15-11(22)13(14)4-3-5-13/h6-7,10H,3-5,14H2,1-2H3,(H,15,22)(H,16,17,18,19)/t6?,7?,10-/m1/s1. The molecule has 0 aromatic carbocycles. The van der Waals surface area contributed by atoms with E-state index in [9.17, 15) is 9.59 Å². The quantitative estimate of drug-likeness (QED) is 0.622. The number of aromatic amines is 1. The molecule has 1 aromatic rings. The number of hydrogen-bond acceptors (Lipinski definition) is 7. The summed E-state index contributed by atoms with van der Waals surface area (Å²) in [5.74, 6) is 0.166. The first-order chi connectivity index (χ1) is 10.8. The van der Waals surface area contributed by atoms with Gasteiger partial charge in [0.15, 0.2) is 5.82 Å². The number of hydrogen-bond donors (Lipinski definition) is 3. The van der Waals surface area contributed by atoms with Gasteiger partial charge >= 0.3 is 0 Å². The third kappa shape index (κ3) is 2.01. The molecule has 124 valence electrons. The van der Waals surface area contributed by atoms with E-state index in [1.54, 1.807) is 16.7 Å². The first-order valence-electron chi connectivity index (χ1n) is 7.67. The van der Waals surface area contributed by atoms with Crippen molar-refractivity contribution in [2.45, 2.75) is 60.9 Å². The van der Waals surface area contributed by atoms with E-state index < -0.39 is 11.6 Å². The van der Waals surface area contributed by atoms with E-state index in [0.717, 1.165) is 6.42 Å². The van der Waals surface area contributed by atoms with E-state index in [4.69, 9.17) is 5.73 Å². The molecule has 10 heteroatoms. The van der Waals surface area contributed by atoms with Gasteiger partial charge in [-0.15, -0.1) is 22.0 Å². The van der Waals surface area contributed by atoms with Crippen LogP contribution in [0.4, 0.5) is 0 Å². The molecule has 1 aromatic heterocycles. The van der Waals surface area contributed by atoms with E-state index in [-0.39, 0.29) is 28.0 Å². The van der Waals surface area contributed by atoms with Crippen molar-refractivity contribution in [1.29, 1.82) is 0 Å². The zero-order valence-corrected chi connectivity index (χ0v) is 13.8. The number of fused-ring (bicyclic) bond motifs is 1. The maximum absolute atomic E-state index is 12.6. The zero-order chi connectivity index (χ0) is 16.4. The third-order valence-corrected chi connectivity index (χ3v) is 6.60. The van der Waals surface area contributed by atoms with Crippen LogP contribution in [0.5, 0.6) is 0 Å². The minimum atomic E-state index is -0.799. The molecule has 0 bridgehead atoms. The Labute approximate surface area is 137 Å². The molecular formula is C13H19N7O2S.